The zero-order chi connectivity index (χ0) is 12.7. The molecular weight excluding hydrogens is 230 g/mol. The van der Waals surface area contributed by atoms with Crippen molar-refractivity contribution in [1.29, 1.82) is 0 Å². The first-order valence-corrected chi connectivity index (χ1v) is 5.40. The SMILES string of the molecule is COCC(=O)N1CCN(CCO[N+](=O)[O-])CC1. The van der Waals surface area contributed by atoms with E-state index in [0.29, 0.717) is 32.7 Å². The summed E-state index contributed by atoms with van der Waals surface area (Å²) in [4.78, 5) is 29.4. The van der Waals surface area contributed by atoms with Gasteiger partial charge in [0.05, 0.1) is 0 Å². The van der Waals surface area contributed by atoms with Crippen molar-refractivity contribution in [1.82, 2.24) is 9.80 Å². The number of carbonyl (C=O) groups is 1. The number of methoxy groups -OCH3 is 1. The van der Waals surface area contributed by atoms with Crippen LogP contribution >= 0.6 is 0 Å². The first kappa shape index (κ1) is 13.7. The zero-order valence-electron chi connectivity index (χ0n) is 9.83. The third-order valence-corrected chi connectivity index (χ3v) is 2.60. The molecular formula is C9H17N3O5. The van der Waals surface area contributed by atoms with Gasteiger partial charge < -0.3 is 14.5 Å². The number of rotatable bonds is 6. The summed E-state index contributed by atoms with van der Waals surface area (Å²) in [6.45, 7) is 3.34. The van der Waals surface area contributed by atoms with Crippen LogP contribution in [0.25, 0.3) is 0 Å². The second-order valence-electron chi connectivity index (χ2n) is 3.71. The summed E-state index contributed by atoms with van der Waals surface area (Å²) < 4.78 is 4.78. The van der Waals surface area contributed by atoms with Crippen molar-refractivity contribution in [2.75, 3.05) is 53.0 Å². The van der Waals surface area contributed by atoms with E-state index in [0.717, 1.165) is 0 Å². The van der Waals surface area contributed by atoms with E-state index in [1.165, 1.54) is 7.11 Å². The molecule has 1 rings (SSSR count). The van der Waals surface area contributed by atoms with Gasteiger partial charge in [0.2, 0.25) is 5.91 Å². The van der Waals surface area contributed by atoms with Gasteiger partial charge in [-0.2, -0.15) is 0 Å². The van der Waals surface area contributed by atoms with E-state index in [-0.39, 0.29) is 19.1 Å². The first-order chi connectivity index (χ1) is 8.13. The largest absolute Gasteiger partial charge is 0.375 e. The molecule has 0 saturated carbocycles. The van der Waals surface area contributed by atoms with Crippen LogP contribution in [-0.4, -0.2) is 73.8 Å². The second kappa shape index (κ2) is 7.02. The van der Waals surface area contributed by atoms with Gasteiger partial charge in [-0.3, -0.25) is 9.69 Å². The number of amides is 1. The highest BCUT2D eigenvalue weighted by atomic mass is 16.9. The molecule has 98 valence electrons. The Balaban J connectivity index is 2.17. The maximum atomic E-state index is 11.5. The van der Waals surface area contributed by atoms with Crippen LogP contribution < -0.4 is 0 Å². The van der Waals surface area contributed by atoms with Crippen LogP contribution in [0.15, 0.2) is 0 Å². The van der Waals surface area contributed by atoms with Crippen molar-refractivity contribution >= 4 is 5.91 Å². The highest BCUT2D eigenvalue weighted by molar-refractivity contribution is 5.77. The van der Waals surface area contributed by atoms with Crippen molar-refractivity contribution in [3.05, 3.63) is 10.1 Å². The molecule has 1 fully saturated rings. The van der Waals surface area contributed by atoms with E-state index in [1.54, 1.807) is 4.90 Å². The minimum absolute atomic E-state index is 0.0197. The molecule has 0 N–H and O–H groups in total. The second-order valence-corrected chi connectivity index (χ2v) is 3.71. The van der Waals surface area contributed by atoms with Crippen molar-refractivity contribution < 1.29 is 19.5 Å². The fourth-order valence-electron chi connectivity index (χ4n) is 1.68. The molecule has 1 saturated heterocycles. The average molecular weight is 247 g/mol. The fraction of sp³-hybridized carbons (Fsp3) is 0.889. The molecule has 0 bridgehead atoms. The monoisotopic (exact) mass is 247 g/mol. The Morgan fingerprint density at radius 1 is 1.35 bits per heavy atom. The van der Waals surface area contributed by atoms with Crippen molar-refractivity contribution in [3.8, 4) is 0 Å². The van der Waals surface area contributed by atoms with Gasteiger partial charge in [-0.05, 0) is 0 Å². The summed E-state index contributed by atoms with van der Waals surface area (Å²) in [7, 11) is 1.49. The molecule has 17 heavy (non-hydrogen) atoms. The quantitative estimate of drug-likeness (QED) is 0.441. The van der Waals surface area contributed by atoms with E-state index < -0.39 is 5.09 Å². The summed E-state index contributed by atoms with van der Waals surface area (Å²) in [5, 5.41) is 9.16. The number of ether oxygens (including phenoxy) is 1. The Kier molecular flexibility index (Phi) is 5.64. The predicted molar refractivity (Wildman–Crippen MR) is 57.8 cm³/mol. The average Bonchev–Trinajstić information content (AvgIpc) is 2.30. The molecule has 0 spiro atoms. The standard InChI is InChI=1S/C9H17N3O5/c1-16-8-9(13)11-4-2-10(3-5-11)6-7-17-12(14)15/h2-8H2,1H3. The highest BCUT2D eigenvalue weighted by Crippen LogP contribution is 2.02. The minimum Gasteiger partial charge on any atom is -0.375 e. The summed E-state index contributed by atoms with van der Waals surface area (Å²) >= 11 is 0. The van der Waals surface area contributed by atoms with Crippen LogP contribution in [0.1, 0.15) is 0 Å². The molecule has 0 atom stereocenters. The molecule has 0 radical (unpaired) electrons. The number of hydrogen-bond acceptors (Lipinski definition) is 6. The summed E-state index contributed by atoms with van der Waals surface area (Å²) in [6.07, 6.45) is 0. The molecule has 8 heteroatoms. The molecule has 1 amide bonds. The molecule has 1 aliphatic heterocycles. The van der Waals surface area contributed by atoms with Crippen LogP contribution in [0.3, 0.4) is 0 Å². The fourth-order valence-corrected chi connectivity index (χ4v) is 1.68. The molecule has 1 aliphatic rings. The molecule has 0 aromatic heterocycles. The Bertz CT molecular complexity index is 265. The van der Waals surface area contributed by atoms with Gasteiger partial charge in [-0.1, -0.05) is 0 Å². The Labute approximate surface area is 99.2 Å². The molecule has 1 heterocycles. The number of hydrogen-bond donors (Lipinski definition) is 0. The van der Waals surface area contributed by atoms with E-state index in [9.17, 15) is 14.9 Å². The van der Waals surface area contributed by atoms with Gasteiger partial charge in [-0.25, -0.2) is 0 Å². The van der Waals surface area contributed by atoms with Gasteiger partial charge in [0, 0.05) is 39.8 Å². The lowest BCUT2D eigenvalue weighted by molar-refractivity contribution is -0.757. The smallest absolute Gasteiger partial charge is 0.294 e. The van der Waals surface area contributed by atoms with E-state index in [1.807, 2.05) is 4.90 Å². The molecule has 0 aliphatic carbocycles. The maximum absolute atomic E-state index is 11.5. The lowest BCUT2D eigenvalue weighted by Gasteiger charge is -2.34. The number of nitrogens with zero attached hydrogens (tertiary/aromatic N) is 3. The molecule has 0 aromatic rings. The lowest BCUT2D eigenvalue weighted by atomic mass is 10.3. The third kappa shape index (κ3) is 4.96. The Morgan fingerprint density at radius 2 is 2.00 bits per heavy atom. The van der Waals surface area contributed by atoms with Gasteiger partial charge in [0.25, 0.3) is 5.09 Å². The normalized spacial score (nSPS) is 16.9. The summed E-state index contributed by atoms with van der Waals surface area (Å²) in [5.41, 5.74) is 0. The lowest BCUT2D eigenvalue weighted by Crippen LogP contribution is -2.50. The van der Waals surface area contributed by atoms with E-state index >= 15 is 0 Å². The van der Waals surface area contributed by atoms with Crippen LogP contribution in [-0.2, 0) is 14.4 Å². The zero-order valence-corrected chi connectivity index (χ0v) is 9.83. The maximum Gasteiger partial charge on any atom is 0.294 e. The topological polar surface area (TPSA) is 85.2 Å². The highest BCUT2D eigenvalue weighted by Gasteiger charge is 2.20. The van der Waals surface area contributed by atoms with Crippen molar-refractivity contribution in [3.63, 3.8) is 0 Å². The van der Waals surface area contributed by atoms with E-state index in [4.69, 9.17) is 4.74 Å². The Morgan fingerprint density at radius 3 is 2.53 bits per heavy atom. The Hall–Kier alpha value is -1.41. The van der Waals surface area contributed by atoms with Gasteiger partial charge >= 0.3 is 0 Å². The summed E-state index contributed by atoms with van der Waals surface area (Å²) in [5.74, 6) is -0.0197. The van der Waals surface area contributed by atoms with Gasteiger partial charge in [-0.15, -0.1) is 10.1 Å². The summed E-state index contributed by atoms with van der Waals surface area (Å²) in [6, 6.07) is 0. The number of carbonyl (C=O) groups excluding carboxylic acids is 1. The molecule has 0 aromatic carbocycles. The third-order valence-electron chi connectivity index (χ3n) is 2.60. The van der Waals surface area contributed by atoms with Gasteiger partial charge in [0.1, 0.15) is 13.2 Å². The van der Waals surface area contributed by atoms with Crippen molar-refractivity contribution in [2.24, 2.45) is 0 Å². The minimum atomic E-state index is -0.793. The molecule has 8 nitrogen and oxygen atoms in total. The van der Waals surface area contributed by atoms with E-state index in [2.05, 4.69) is 4.84 Å². The first-order valence-electron chi connectivity index (χ1n) is 5.40. The van der Waals surface area contributed by atoms with Crippen LogP contribution in [0.4, 0.5) is 0 Å². The predicted octanol–water partition coefficient (Wildman–Crippen LogP) is -1.01. The van der Waals surface area contributed by atoms with Crippen molar-refractivity contribution in [2.45, 2.75) is 0 Å². The van der Waals surface area contributed by atoms with Crippen LogP contribution in [0.2, 0.25) is 0 Å². The van der Waals surface area contributed by atoms with Crippen LogP contribution in [0, 0.1) is 10.1 Å². The number of piperazine rings is 1. The molecule has 0 unspecified atom stereocenters. The van der Waals surface area contributed by atoms with Crippen LogP contribution in [0.5, 0.6) is 0 Å². The van der Waals surface area contributed by atoms with Gasteiger partial charge in [0.15, 0.2) is 0 Å².